The zero-order valence-electron chi connectivity index (χ0n) is 15.4. The molecule has 4 rings (SSSR count). The van der Waals surface area contributed by atoms with Gasteiger partial charge in [-0.1, -0.05) is 29.8 Å². The highest BCUT2D eigenvalue weighted by atomic mass is 35.5. The van der Waals surface area contributed by atoms with Crippen LogP contribution in [0.15, 0.2) is 41.6 Å². The number of halogens is 1. The van der Waals surface area contributed by atoms with Crippen molar-refractivity contribution in [2.45, 2.75) is 26.2 Å². The van der Waals surface area contributed by atoms with Crippen LogP contribution in [0, 0.1) is 18.8 Å². The first-order valence-corrected chi connectivity index (χ1v) is 9.67. The lowest BCUT2D eigenvalue weighted by molar-refractivity contribution is -0.140. The summed E-state index contributed by atoms with van der Waals surface area (Å²) < 4.78 is 0. The summed E-state index contributed by atoms with van der Waals surface area (Å²) in [5.74, 6) is -1.42. The molecule has 0 unspecified atom stereocenters. The highest BCUT2D eigenvalue weighted by molar-refractivity contribution is 6.30. The van der Waals surface area contributed by atoms with Crippen molar-refractivity contribution in [3.8, 4) is 0 Å². The number of hydrogen-bond donors (Lipinski definition) is 1. The topological polar surface area (TPSA) is 79.4 Å². The molecule has 144 valence electrons. The van der Waals surface area contributed by atoms with Gasteiger partial charge in [0.05, 0.1) is 23.0 Å². The SMILES string of the molecule is Cc1ccnc2c(NC(=O)CCN3C(=O)[C@H]4CC=C(Cl)C[C@H]4C3=O)cccc12. The third kappa shape index (κ3) is 3.29. The Balaban J connectivity index is 1.43. The van der Waals surface area contributed by atoms with Crippen LogP contribution in [0.4, 0.5) is 5.69 Å². The molecular formula is C21H20ClN3O3. The third-order valence-electron chi connectivity index (χ3n) is 5.49. The average molecular weight is 398 g/mol. The molecule has 1 aliphatic carbocycles. The molecule has 0 saturated carbocycles. The molecule has 3 amide bonds. The van der Waals surface area contributed by atoms with E-state index in [1.54, 1.807) is 18.3 Å². The Morgan fingerprint density at radius 1 is 1.25 bits per heavy atom. The standard InChI is InChI=1S/C21H20ClN3O3/c1-12-7-9-23-19-14(12)3-2-4-17(19)24-18(26)8-10-25-20(27)15-6-5-13(22)11-16(15)21(25)28/h2-5,7,9,15-16H,6,8,10-11H2,1H3,(H,24,26)/t15-,16+/m0/s1. The first-order valence-electron chi connectivity index (χ1n) is 9.29. The number of likely N-dealkylation sites (tertiary alicyclic amines) is 1. The molecular weight excluding hydrogens is 378 g/mol. The molecule has 6 nitrogen and oxygen atoms in total. The Kier molecular flexibility index (Phi) is 4.89. The van der Waals surface area contributed by atoms with Gasteiger partial charge in [-0.25, -0.2) is 0 Å². The van der Waals surface area contributed by atoms with E-state index in [2.05, 4.69) is 10.3 Å². The second-order valence-corrected chi connectivity index (χ2v) is 7.75. The Bertz CT molecular complexity index is 1020. The van der Waals surface area contributed by atoms with E-state index in [1.165, 1.54) is 4.90 Å². The molecule has 1 saturated heterocycles. The van der Waals surface area contributed by atoms with Gasteiger partial charge in [-0.15, -0.1) is 0 Å². The monoisotopic (exact) mass is 397 g/mol. The number of carbonyl (C=O) groups is 3. The lowest BCUT2D eigenvalue weighted by Gasteiger charge is -2.17. The molecule has 0 bridgehead atoms. The van der Waals surface area contributed by atoms with Crippen molar-refractivity contribution >= 4 is 45.9 Å². The van der Waals surface area contributed by atoms with E-state index >= 15 is 0 Å². The van der Waals surface area contributed by atoms with E-state index in [1.807, 2.05) is 25.1 Å². The molecule has 7 heteroatoms. The van der Waals surface area contributed by atoms with Crippen LogP contribution < -0.4 is 5.32 Å². The number of aryl methyl sites for hydroxylation is 1. The van der Waals surface area contributed by atoms with E-state index in [0.29, 0.717) is 23.6 Å². The van der Waals surface area contributed by atoms with Crippen molar-refractivity contribution in [2.24, 2.45) is 11.8 Å². The first kappa shape index (κ1) is 18.6. The van der Waals surface area contributed by atoms with Gasteiger partial charge in [0.15, 0.2) is 0 Å². The lowest BCUT2D eigenvalue weighted by Crippen LogP contribution is -2.34. The fourth-order valence-corrected chi connectivity index (χ4v) is 4.21. The van der Waals surface area contributed by atoms with Crippen LogP contribution in [-0.4, -0.2) is 34.2 Å². The van der Waals surface area contributed by atoms with Crippen molar-refractivity contribution in [1.29, 1.82) is 0 Å². The number of para-hydroxylation sites is 1. The molecule has 0 radical (unpaired) electrons. The molecule has 2 aliphatic rings. The van der Waals surface area contributed by atoms with Gasteiger partial charge >= 0.3 is 0 Å². The smallest absolute Gasteiger partial charge is 0.233 e. The maximum Gasteiger partial charge on any atom is 0.233 e. The van der Waals surface area contributed by atoms with Crippen LogP contribution >= 0.6 is 11.6 Å². The van der Waals surface area contributed by atoms with E-state index in [4.69, 9.17) is 11.6 Å². The predicted octanol–water partition coefficient (Wildman–Crippen LogP) is 3.39. The number of hydrogen-bond acceptors (Lipinski definition) is 4. The molecule has 2 heterocycles. The summed E-state index contributed by atoms with van der Waals surface area (Å²) in [6.45, 7) is 2.06. The largest absolute Gasteiger partial charge is 0.324 e. The fourth-order valence-electron chi connectivity index (χ4n) is 3.96. The third-order valence-corrected chi connectivity index (χ3v) is 5.79. The van der Waals surface area contributed by atoms with Gasteiger partial charge in [-0.2, -0.15) is 0 Å². The molecule has 2 atom stereocenters. The number of rotatable bonds is 4. The van der Waals surface area contributed by atoms with Gasteiger partial charge in [-0.05, 0) is 37.5 Å². The number of aromatic nitrogens is 1. The number of nitrogens with one attached hydrogen (secondary N) is 1. The van der Waals surface area contributed by atoms with E-state index in [9.17, 15) is 14.4 Å². The number of benzene rings is 1. The average Bonchev–Trinajstić information content (AvgIpc) is 2.91. The number of anilines is 1. The number of imide groups is 1. The molecule has 2 aromatic rings. The van der Waals surface area contributed by atoms with Crippen LogP contribution in [0.1, 0.15) is 24.8 Å². The summed E-state index contributed by atoms with van der Waals surface area (Å²) >= 11 is 6.03. The molecule has 0 spiro atoms. The van der Waals surface area contributed by atoms with Gasteiger partial charge in [0, 0.05) is 29.6 Å². The number of carbonyl (C=O) groups excluding carboxylic acids is 3. The second kappa shape index (κ2) is 7.36. The van der Waals surface area contributed by atoms with Crippen LogP contribution in [0.5, 0.6) is 0 Å². The summed E-state index contributed by atoms with van der Waals surface area (Å²) in [6.07, 6.45) is 4.44. The Morgan fingerprint density at radius 3 is 2.86 bits per heavy atom. The maximum atomic E-state index is 12.6. The Hall–Kier alpha value is -2.73. The van der Waals surface area contributed by atoms with Crippen LogP contribution in [0.25, 0.3) is 10.9 Å². The number of amides is 3. The molecule has 1 aromatic heterocycles. The minimum Gasteiger partial charge on any atom is -0.324 e. The summed E-state index contributed by atoms with van der Waals surface area (Å²) in [5, 5.41) is 4.45. The zero-order valence-corrected chi connectivity index (χ0v) is 16.2. The van der Waals surface area contributed by atoms with Gasteiger partial charge in [0.1, 0.15) is 0 Å². The number of pyridine rings is 1. The summed E-state index contributed by atoms with van der Waals surface area (Å²) in [4.78, 5) is 43.1. The minimum atomic E-state index is -0.390. The van der Waals surface area contributed by atoms with Crippen LogP contribution in [0.3, 0.4) is 0 Å². The normalized spacial score (nSPS) is 21.6. The van der Waals surface area contributed by atoms with Crippen LogP contribution in [-0.2, 0) is 14.4 Å². The Morgan fingerprint density at radius 2 is 2.04 bits per heavy atom. The van der Waals surface area contributed by atoms with Gasteiger partial charge in [-0.3, -0.25) is 24.3 Å². The number of allylic oxidation sites excluding steroid dienone is 2. The van der Waals surface area contributed by atoms with Crippen LogP contribution in [0.2, 0.25) is 0 Å². The minimum absolute atomic E-state index is 0.0419. The van der Waals surface area contributed by atoms with E-state index in [-0.39, 0.29) is 36.6 Å². The van der Waals surface area contributed by atoms with E-state index < -0.39 is 5.92 Å². The number of nitrogens with zero attached hydrogens (tertiary/aromatic N) is 2. The molecule has 1 aliphatic heterocycles. The van der Waals surface area contributed by atoms with E-state index in [0.717, 1.165) is 16.5 Å². The van der Waals surface area contributed by atoms with Gasteiger partial charge in [0.2, 0.25) is 17.7 Å². The molecule has 28 heavy (non-hydrogen) atoms. The summed E-state index contributed by atoms with van der Waals surface area (Å²) in [5.41, 5.74) is 2.41. The second-order valence-electron chi connectivity index (χ2n) is 7.26. The fraction of sp³-hybridized carbons (Fsp3) is 0.333. The summed E-state index contributed by atoms with van der Waals surface area (Å²) in [6, 6.07) is 7.53. The molecule has 1 N–H and O–H groups in total. The molecule has 1 aromatic carbocycles. The summed E-state index contributed by atoms with van der Waals surface area (Å²) in [7, 11) is 0. The first-order chi connectivity index (χ1) is 13.5. The highest BCUT2D eigenvalue weighted by Gasteiger charge is 2.48. The predicted molar refractivity (Wildman–Crippen MR) is 107 cm³/mol. The highest BCUT2D eigenvalue weighted by Crippen LogP contribution is 2.38. The quantitative estimate of drug-likeness (QED) is 0.802. The maximum absolute atomic E-state index is 12.6. The van der Waals surface area contributed by atoms with Gasteiger partial charge in [0.25, 0.3) is 0 Å². The lowest BCUT2D eigenvalue weighted by atomic mass is 9.85. The zero-order chi connectivity index (χ0) is 19.8. The van der Waals surface area contributed by atoms with Crippen molar-refractivity contribution in [2.75, 3.05) is 11.9 Å². The van der Waals surface area contributed by atoms with Gasteiger partial charge < -0.3 is 5.32 Å². The van der Waals surface area contributed by atoms with Crippen molar-refractivity contribution in [3.63, 3.8) is 0 Å². The van der Waals surface area contributed by atoms with Crippen molar-refractivity contribution in [1.82, 2.24) is 9.88 Å². The van der Waals surface area contributed by atoms with Crippen molar-refractivity contribution in [3.05, 3.63) is 47.1 Å². The Labute approximate surface area is 167 Å². The number of fused-ring (bicyclic) bond motifs is 2. The van der Waals surface area contributed by atoms with Crippen molar-refractivity contribution < 1.29 is 14.4 Å². The molecule has 1 fully saturated rings.